The number of hydrogen-bond acceptors (Lipinski definition) is 10. The predicted octanol–water partition coefficient (Wildman–Crippen LogP) is -4.08. The van der Waals surface area contributed by atoms with Gasteiger partial charge in [-0.05, 0) is 21.1 Å². The van der Waals surface area contributed by atoms with Gasteiger partial charge in [0.05, 0.1) is 25.0 Å². The van der Waals surface area contributed by atoms with Crippen molar-refractivity contribution in [1.82, 2.24) is 30.7 Å². The van der Waals surface area contributed by atoms with Crippen LogP contribution in [0.4, 0.5) is 0 Å². The lowest BCUT2D eigenvalue weighted by Crippen LogP contribution is -2.68. The molecule has 3 aliphatic rings. The maximum absolute atomic E-state index is 10.5. The number of nitrogens with one attached hydrogen (secondary N) is 3. The molecule has 0 radical (unpaired) electrons. The van der Waals surface area contributed by atoms with E-state index < -0.39 is 24.5 Å². The molecule has 0 spiro atoms. The maximum atomic E-state index is 10.5. The average Bonchev–Trinajstić information content (AvgIpc) is 3.10. The highest BCUT2D eigenvalue weighted by atomic mass is 16.6. The van der Waals surface area contributed by atoms with Crippen molar-refractivity contribution in [3.05, 3.63) is 0 Å². The molecule has 0 bridgehead atoms. The maximum Gasteiger partial charge on any atom is 0.142 e. The van der Waals surface area contributed by atoms with Gasteiger partial charge in [0.15, 0.2) is 0 Å². The van der Waals surface area contributed by atoms with Crippen LogP contribution in [0.3, 0.4) is 0 Å². The van der Waals surface area contributed by atoms with Crippen LogP contribution in [0.25, 0.3) is 0 Å². The quantitative estimate of drug-likeness (QED) is 0.279. The Balaban J connectivity index is 1.58. The van der Waals surface area contributed by atoms with Crippen LogP contribution in [-0.2, 0) is 4.74 Å². The van der Waals surface area contributed by atoms with Crippen molar-refractivity contribution in [2.75, 3.05) is 54.1 Å². The SMILES string of the molecule is CN(C)CCN(C)C[C@H]1O[C@@H](N2CNC3C(N)NCNC32)[C@H](O)[C@@H]1O. The molecule has 10 nitrogen and oxygen atoms in total. The summed E-state index contributed by atoms with van der Waals surface area (Å²) < 4.78 is 6.06. The highest BCUT2D eigenvalue weighted by Gasteiger charge is 2.51. The van der Waals surface area contributed by atoms with E-state index in [0.717, 1.165) is 13.1 Å². The summed E-state index contributed by atoms with van der Waals surface area (Å²) in [5.74, 6) is 0. The van der Waals surface area contributed by atoms with Crippen molar-refractivity contribution in [2.24, 2.45) is 5.73 Å². The fourth-order valence-corrected chi connectivity index (χ4v) is 3.77. The second-order valence-corrected chi connectivity index (χ2v) is 7.57. The topological polar surface area (TPSA) is 122 Å². The molecule has 0 aliphatic carbocycles. The van der Waals surface area contributed by atoms with Crippen LogP contribution in [0.15, 0.2) is 0 Å². The van der Waals surface area contributed by atoms with Crippen molar-refractivity contribution in [3.63, 3.8) is 0 Å². The van der Waals surface area contributed by atoms with E-state index in [-0.39, 0.29) is 18.4 Å². The molecule has 10 heteroatoms. The lowest BCUT2D eigenvalue weighted by molar-refractivity contribution is -0.106. The standard InChI is InChI=1S/C15H33N7O3/c1-20(2)4-5-21(3)6-9-11(23)12(24)15(25-9)22-8-19-10-13(16)17-7-18-14(10)22/h9-15,17-19,23-24H,4-8,16H2,1-3H3/t9-,10?,11-,12-,13?,14?,15-/m1/s1. The number of likely N-dealkylation sites (N-methyl/N-ethyl adjacent to an activating group) is 2. The van der Waals surface area contributed by atoms with Gasteiger partial charge in [0.25, 0.3) is 0 Å². The van der Waals surface area contributed by atoms with Gasteiger partial charge in [-0.3, -0.25) is 16.0 Å². The predicted molar refractivity (Wildman–Crippen MR) is 93.3 cm³/mol. The number of ether oxygens (including phenoxy) is 1. The number of aliphatic hydroxyl groups is 2. The van der Waals surface area contributed by atoms with E-state index in [9.17, 15) is 10.2 Å². The fraction of sp³-hybridized carbons (Fsp3) is 1.00. The Hall–Kier alpha value is -0.400. The zero-order valence-electron chi connectivity index (χ0n) is 15.3. The zero-order chi connectivity index (χ0) is 18.1. The number of rotatable bonds is 6. The lowest BCUT2D eigenvalue weighted by Gasteiger charge is -2.38. The molecule has 3 fully saturated rings. The molecule has 0 saturated carbocycles. The number of fused-ring (bicyclic) bond motifs is 1. The summed E-state index contributed by atoms with van der Waals surface area (Å²) in [6.45, 7) is 3.53. The van der Waals surface area contributed by atoms with Crippen molar-refractivity contribution >= 4 is 0 Å². The Morgan fingerprint density at radius 2 is 1.88 bits per heavy atom. The molecule has 0 aromatic heterocycles. The van der Waals surface area contributed by atoms with E-state index in [0.29, 0.717) is 19.9 Å². The van der Waals surface area contributed by atoms with Crippen LogP contribution in [0.5, 0.6) is 0 Å². The first kappa shape index (κ1) is 19.4. The van der Waals surface area contributed by atoms with Crippen LogP contribution in [0.2, 0.25) is 0 Å². The summed E-state index contributed by atoms with van der Waals surface area (Å²) in [4.78, 5) is 6.24. The zero-order valence-corrected chi connectivity index (χ0v) is 15.3. The highest BCUT2D eigenvalue weighted by molar-refractivity contribution is 5.01. The van der Waals surface area contributed by atoms with Crippen LogP contribution in [0, 0.1) is 0 Å². The van der Waals surface area contributed by atoms with E-state index in [1.807, 2.05) is 26.0 Å². The van der Waals surface area contributed by atoms with Crippen molar-refractivity contribution in [1.29, 1.82) is 0 Å². The van der Waals surface area contributed by atoms with Gasteiger partial charge >= 0.3 is 0 Å². The molecule has 146 valence electrons. The van der Waals surface area contributed by atoms with Gasteiger partial charge < -0.3 is 30.5 Å². The molecule has 0 aromatic carbocycles. The van der Waals surface area contributed by atoms with Gasteiger partial charge in [0.2, 0.25) is 0 Å². The smallest absolute Gasteiger partial charge is 0.142 e. The first-order valence-corrected chi connectivity index (χ1v) is 8.95. The van der Waals surface area contributed by atoms with E-state index in [2.05, 4.69) is 25.8 Å². The summed E-state index contributed by atoms with van der Waals surface area (Å²) in [6, 6.07) is 0.0310. The Kier molecular flexibility index (Phi) is 6.27. The van der Waals surface area contributed by atoms with Crippen molar-refractivity contribution < 1.29 is 14.9 Å². The largest absolute Gasteiger partial charge is 0.387 e. The molecule has 7 atom stereocenters. The Labute approximate surface area is 149 Å². The second-order valence-electron chi connectivity index (χ2n) is 7.57. The monoisotopic (exact) mass is 359 g/mol. The fourth-order valence-electron chi connectivity index (χ4n) is 3.77. The van der Waals surface area contributed by atoms with Gasteiger partial charge in [-0.25, -0.2) is 4.90 Å². The molecule has 3 aliphatic heterocycles. The van der Waals surface area contributed by atoms with E-state index in [4.69, 9.17) is 10.5 Å². The van der Waals surface area contributed by atoms with Crippen molar-refractivity contribution in [3.8, 4) is 0 Å². The Morgan fingerprint density at radius 3 is 2.60 bits per heavy atom. The third kappa shape index (κ3) is 4.14. The Bertz CT molecular complexity index is 443. The number of nitrogens with zero attached hydrogens (tertiary/aromatic N) is 3. The second kappa shape index (κ2) is 8.09. The minimum absolute atomic E-state index is 0.0310. The number of nitrogens with two attached hydrogens (primary N) is 1. The molecular formula is C15H33N7O3. The third-order valence-electron chi connectivity index (χ3n) is 5.33. The molecule has 0 aromatic rings. The molecular weight excluding hydrogens is 326 g/mol. The first-order chi connectivity index (χ1) is 11.9. The normalized spacial score (nSPS) is 42.5. The number of aliphatic hydroxyl groups excluding tert-OH is 2. The first-order valence-electron chi connectivity index (χ1n) is 8.95. The molecule has 3 rings (SSSR count). The van der Waals surface area contributed by atoms with Gasteiger partial charge in [-0.1, -0.05) is 0 Å². The summed E-state index contributed by atoms with van der Waals surface area (Å²) in [7, 11) is 6.06. The summed E-state index contributed by atoms with van der Waals surface area (Å²) >= 11 is 0. The average molecular weight is 359 g/mol. The molecule has 25 heavy (non-hydrogen) atoms. The summed E-state index contributed by atoms with van der Waals surface area (Å²) in [5.41, 5.74) is 6.09. The van der Waals surface area contributed by atoms with Crippen LogP contribution >= 0.6 is 0 Å². The molecule has 3 saturated heterocycles. The lowest BCUT2D eigenvalue weighted by atomic mass is 10.1. The molecule has 3 heterocycles. The van der Waals surface area contributed by atoms with E-state index in [1.54, 1.807) is 0 Å². The summed E-state index contributed by atoms with van der Waals surface area (Å²) in [5, 5.41) is 30.8. The van der Waals surface area contributed by atoms with E-state index >= 15 is 0 Å². The van der Waals surface area contributed by atoms with E-state index in [1.165, 1.54) is 0 Å². The molecule has 7 N–H and O–H groups in total. The van der Waals surface area contributed by atoms with Crippen LogP contribution in [0.1, 0.15) is 0 Å². The molecule has 3 unspecified atom stereocenters. The third-order valence-corrected chi connectivity index (χ3v) is 5.33. The minimum atomic E-state index is -0.944. The summed E-state index contributed by atoms with van der Waals surface area (Å²) in [6.07, 6.45) is -3.01. The van der Waals surface area contributed by atoms with Gasteiger partial charge in [-0.15, -0.1) is 0 Å². The van der Waals surface area contributed by atoms with Gasteiger partial charge in [0, 0.05) is 26.3 Å². The van der Waals surface area contributed by atoms with Gasteiger partial charge in [-0.2, -0.15) is 0 Å². The van der Waals surface area contributed by atoms with Gasteiger partial charge in [0.1, 0.15) is 24.5 Å². The number of hydrogen-bond donors (Lipinski definition) is 6. The molecule has 0 amide bonds. The Morgan fingerprint density at radius 1 is 1.12 bits per heavy atom. The van der Waals surface area contributed by atoms with Crippen molar-refractivity contribution in [2.45, 2.75) is 42.9 Å². The minimum Gasteiger partial charge on any atom is -0.387 e. The highest BCUT2D eigenvalue weighted by Crippen LogP contribution is 2.28. The van der Waals surface area contributed by atoms with Crippen LogP contribution < -0.4 is 21.7 Å². The van der Waals surface area contributed by atoms with Crippen LogP contribution in [-0.4, -0.2) is 122 Å².